The Hall–Kier alpha value is -1.10. The van der Waals surface area contributed by atoms with Gasteiger partial charge < -0.3 is 10.4 Å². The highest BCUT2D eigenvalue weighted by Crippen LogP contribution is 2.22. The molecule has 0 aromatic heterocycles. The molecule has 104 valence electrons. The SMILES string of the molecule is CCCCC(C(=O)O)N1CCCCC1C(=O)NC. The minimum atomic E-state index is -0.806. The van der Waals surface area contributed by atoms with Crippen LogP contribution >= 0.6 is 0 Å². The third kappa shape index (κ3) is 3.70. The lowest BCUT2D eigenvalue weighted by molar-refractivity contribution is -0.147. The molecule has 0 bridgehead atoms. The highest BCUT2D eigenvalue weighted by molar-refractivity contribution is 5.83. The van der Waals surface area contributed by atoms with Crippen LogP contribution in [0.3, 0.4) is 0 Å². The molecular formula is C13H24N2O3. The molecule has 1 heterocycles. The number of hydrogen-bond acceptors (Lipinski definition) is 3. The molecule has 0 saturated carbocycles. The fourth-order valence-electron chi connectivity index (χ4n) is 2.60. The Bertz CT molecular complexity index is 294. The van der Waals surface area contributed by atoms with Crippen molar-refractivity contribution < 1.29 is 14.7 Å². The first-order valence-corrected chi connectivity index (χ1v) is 6.82. The summed E-state index contributed by atoms with van der Waals surface area (Å²) in [5, 5.41) is 12.0. The zero-order chi connectivity index (χ0) is 13.5. The Balaban J connectivity index is 2.77. The van der Waals surface area contributed by atoms with Crippen LogP contribution in [0.25, 0.3) is 0 Å². The van der Waals surface area contributed by atoms with E-state index < -0.39 is 12.0 Å². The number of nitrogens with zero attached hydrogens (tertiary/aromatic N) is 1. The van der Waals surface area contributed by atoms with Crippen molar-refractivity contribution in [2.45, 2.75) is 57.5 Å². The van der Waals surface area contributed by atoms with Crippen LogP contribution < -0.4 is 5.32 Å². The number of aliphatic carboxylic acids is 1. The van der Waals surface area contributed by atoms with Gasteiger partial charge in [-0.3, -0.25) is 14.5 Å². The smallest absolute Gasteiger partial charge is 0.320 e. The second kappa shape index (κ2) is 7.36. The van der Waals surface area contributed by atoms with Crippen molar-refractivity contribution in [1.29, 1.82) is 0 Å². The van der Waals surface area contributed by atoms with Crippen LogP contribution in [0.2, 0.25) is 0 Å². The summed E-state index contributed by atoms with van der Waals surface area (Å²) in [7, 11) is 1.61. The Labute approximate surface area is 109 Å². The van der Waals surface area contributed by atoms with Gasteiger partial charge in [-0.25, -0.2) is 0 Å². The van der Waals surface area contributed by atoms with E-state index in [0.29, 0.717) is 13.0 Å². The van der Waals surface area contributed by atoms with Gasteiger partial charge in [0, 0.05) is 7.05 Å². The topological polar surface area (TPSA) is 69.6 Å². The molecule has 2 atom stereocenters. The monoisotopic (exact) mass is 256 g/mol. The number of carboxylic acid groups (broad SMARTS) is 1. The number of unbranched alkanes of at least 4 members (excludes halogenated alkanes) is 1. The molecule has 1 amide bonds. The Morgan fingerprint density at radius 3 is 2.72 bits per heavy atom. The van der Waals surface area contributed by atoms with Crippen molar-refractivity contribution in [3.05, 3.63) is 0 Å². The number of carbonyl (C=O) groups excluding carboxylic acids is 1. The predicted octanol–water partition coefficient (Wildman–Crippen LogP) is 1.23. The lowest BCUT2D eigenvalue weighted by atomic mass is 9.97. The number of rotatable bonds is 6. The van der Waals surface area contributed by atoms with Crippen LogP contribution in [0.1, 0.15) is 45.4 Å². The van der Waals surface area contributed by atoms with Crippen molar-refractivity contribution in [3.63, 3.8) is 0 Å². The molecule has 0 radical (unpaired) electrons. The summed E-state index contributed by atoms with van der Waals surface area (Å²) in [5.74, 6) is -0.864. The van der Waals surface area contributed by atoms with Gasteiger partial charge in [0.2, 0.25) is 5.91 Å². The summed E-state index contributed by atoms with van der Waals surface area (Å²) in [4.78, 5) is 25.1. The summed E-state index contributed by atoms with van der Waals surface area (Å²) in [5.41, 5.74) is 0. The molecule has 1 fully saturated rings. The number of hydrogen-bond donors (Lipinski definition) is 2. The van der Waals surface area contributed by atoms with Crippen LogP contribution in [0.15, 0.2) is 0 Å². The van der Waals surface area contributed by atoms with E-state index in [1.165, 1.54) is 0 Å². The van der Waals surface area contributed by atoms with E-state index in [2.05, 4.69) is 5.32 Å². The zero-order valence-electron chi connectivity index (χ0n) is 11.3. The standard InChI is InChI=1S/C13H24N2O3/c1-3-4-7-11(13(17)18)15-9-6-5-8-10(15)12(16)14-2/h10-11H,3-9H2,1-2H3,(H,14,16)(H,17,18). The van der Waals surface area contributed by atoms with Crippen molar-refractivity contribution in [1.82, 2.24) is 10.2 Å². The average Bonchev–Trinajstić information content (AvgIpc) is 2.38. The normalized spacial score (nSPS) is 22.4. The van der Waals surface area contributed by atoms with Gasteiger partial charge in [0.1, 0.15) is 6.04 Å². The van der Waals surface area contributed by atoms with Gasteiger partial charge in [-0.15, -0.1) is 0 Å². The molecule has 5 heteroatoms. The maximum Gasteiger partial charge on any atom is 0.320 e. The number of likely N-dealkylation sites (tertiary alicyclic amines) is 1. The van der Waals surface area contributed by atoms with Crippen molar-refractivity contribution in [3.8, 4) is 0 Å². The fraction of sp³-hybridized carbons (Fsp3) is 0.846. The molecule has 1 aliphatic heterocycles. The molecule has 1 saturated heterocycles. The van der Waals surface area contributed by atoms with Gasteiger partial charge in [-0.05, 0) is 25.8 Å². The summed E-state index contributed by atoms with van der Waals surface area (Å²) in [6.45, 7) is 2.75. The highest BCUT2D eigenvalue weighted by atomic mass is 16.4. The zero-order valence-corrected chi connectivity index (χ0v) is 11.3. The Kier molecular flexibility index (Phi) is 6.12. The molecule has 2 unspecified atom stereocenters. The maximum absolute atomic E-state index is 11.8. The van der Waals surface area contributed by atoms with Crippen molar-refractivity contribution >= 4 is 11.9 Å². The van der Waals surface area contributed by atoms with Crippen molar-refractivity contribution in [2.24, 2.45) is 0 Å². The van der Waals surface area contributed by atoms with Crippen LogP contribution in [-0.4, -0.2) is 47.6 Å². The second-order valence-corrected chi connectivity index (χ2v) is 4.86. The van der Waals surface area contributed by atoms with Gasteiger partial charge in [-0.1, -0.05) is 26.2 Å². The van der Waals surface area contributed by atoms with Crippen LogP contribution in [-0.2, 0) is 9.59 Å². The number of nitrogens with one attached hydrogen (secondary N) is 1. The predicted molar refractivity (Wildman–Crippen MR) is 69.4 cm³/mol. The largest absolute Gasteiger partial charge is 0.480 e. The molecule has 5 nitrogen and oxygen atoms in total. The van der Waals surface area contributed by atoms with Gasteiger partial charge in [0.05, 0.1) is 6.04 Å². The molecule has 0 aromatic rings. The Morgan fingerprint density at radius 1 is 1.44 bits per heavy atom. The van der Waals surface area contributed by atoms with Gasteiger partial charge in [0.25, 0.3) is 0 Å². The number of carbonyl (C=O) groups is 2. The number of carboxylic acids is 1. The number of piperidine rings is 1. The van der Waals surface area contributed by atoms with E-state index in [1.54, 1.807) is 7.05 Å². The van der Waals surface area contributed by atoms with E-state index in [-0.39, 0.29) is 11.9 Å². The first-order valence-electron chi connectivity index (χ1n) is 6.82. The second-order valence-electron chi connectivity index (χ2n) is 4.86. The molecular weight excluding hydrogens is 232 g/mol. The van der Waals surface area contributed by atoms with Gasteiger partial charge in [0.15, 0.2) is 0 Å². The van der Waals surface area contributed by atoms with E-state index in [4.69, 9.17) is 0 Å². The van der Waals surface area contributed by atoms with Gasteiger partial charge in [-0.2, -0.15) is 0 Å². The van der Waals surface area contributed by atoms with E-state index >= 15 is 0 Å². The third-order valence-corrected chi connectivity index (χ3v) is 3.61. The summed E-state index contributed by atoms with van der Waals surface area (Å²) < 4.78 is 0. The lowest BCUT2D eigenvalue weighted by Crippen LogP contribution is -2.55. The minimum absolute atomic E-state index is 0.0579. The summed E-state index contributed by atoms with van der Waals surface area (Å²) in [6, 6.07) is -0.797. The molecule has 1 rings (SSSR count). The first kappa shape index (κ1) is 15.0. The molecule has 1 aliphatic rings. The summed E-state index contributed by atoms with van der Waals surface area (Å²) in [6.07, 6.45) is 5.21. The lowest BCUT2D eigenvalue weighted by Gasteiger charge is -2.38. The molecule has 2 N–H and O–H groups in total. The van der Waals surface area contributed by atoms with Crippen LogP contribution in [0.5, 0.6) is 0 Å². The Morgan fingerprint density at radius 2 is 2.17 bits per heavy atom. The quantitative estimate of drug-likeness (QED) is 0.750. The van der Waals surface area contributed by atoms with E-state index in [1.807, 2.05) is 11.8 Å². The molecule has 0 aromatic carbocycles. The van der Waals surface area contributed by atoms with Gasteiger partial charge >= 0.3 is 5.97 Å². The number of likely N-dealkylation sites (N-methyl/N-ethyl adjacent to an activating group) is 1. The maximum atomic E-state index is 11.8. The van der Waals surface area contributed by atoms with Crippen LogP contribution in [0.4, 0.5) is 0 Å². The highest BCUT2D eigenvalue weighted by Gasteiger charge is 2.35. The fourth-order valence-corrected chi connectivity index (χ4v) is 2.60. The van der Waals surface area contributed by atoms with E-state index in [0.717, 1.165) is 32.1 Å². The molecule has 18 heavy (non-hydrogen) atoms. The third-order valence-electron chi connectivity index (χ3n) is 3.61. The van der Waals surface area contributed by atoms with E-state index in [9.17, 15) is 14.7 Å². The average molecular weight is 256 g/mol. The van der Waals surface area contributed by atoms with Crippen LogP contribution in [0, 0.1) is 0 Å². The summed E-state index contributed by atoms with van der Waals surface area (Å²) >= 11 is 0. The molecule has 0 aliphatic carbocycles. The molecule has 0 spiro atoms. The van der Waals surface area contributed by atoms with Crippen molar-refractivity contribution in [2.75, 3.05) is 13.6 Å². The minimum Gasteiger partial charge on any atom is -0.480 e. The number of amides is 1. The first-order chi connectivity index (χ1) is 8.61.